The predicted octanol–water partition coefficient (Wildman–Crippen LogP) is 1.05. The van der Waals surface area contributed by atoms with Gasteiger partial charge in [0.15, 0.2) is 11.5 Å². The van der Waals surface area contributed by atoms with Gasteiger partial charge in [0, 0.05) is 6.54 Å². The largest absolute Gasteiger partial charge is 0.493 e. The zero-order valence-corrected chi connectivity index (χ0v) is 15.1. The Bertz CT molecular complexity index is 612. The van der Waals surface area contributed by atoms with Crippen LogP contribution in [-0.4, -0.2) is 44.7 Å². The lowest BCUT2D eigenvalue weighted by molar-refractivity contribution is -0.127. The monoisotopic (exact) mass is 373 g/mol. The van der Waals surface area contributed by atoms with Crippen molar-refractivity contribution in [2.45, 2.75) is 32.9 Å². The molecule has 146 valence electrons. The number of carbonyl (C=O) groups excluding carboxylic acids is 2. The smallest absolute Gasteiger partial charge is 0.387 e. The maximum Gasteiger partial charge on any atom is 0.387 e. The molecule has 2 amide bonds. The van der Waals surface area contributed by atoms with Crippen LogP contribution >= 0.6 is 0 Å². The van der Waals surface area contributed by atoms with E-state index < -0.39 is 12.7 Å². The van der Waals surface area contributed by atoms with Gasteiger partial charge in [-0.25, -0.2) is 0 Å². The number of nitrogens with one attached hydrogen (secondary N) is 2. The first kappa shape index (κ1) is 21.6. The van der Waals surface area contributed by atoms with Crippen molar-refractivity contribution in [1.82, 2.24) is 10.6 Å². The molecule has 0 unspecified atom stereocenters. The van der Waals surface area contributed by atoms with Crippen LogP contribution in [0.1, 0.15) is 19.4 Å². The molecule has 0 fully saturated rings. The molecular formula is C17H25F2N3O4. The van der Waals surface area contributed by atoms with Gasteiger partial charge in [-0.1, -0.05) is 19.9 Å². The SMILES string of the molecule is COc1ccc(CCNC(=O)CNC(=O)[C@@H](N)C(C)C)cc1OC(F)F. The van der Waals surface area contributed by atoms with Gasteiger partial charge in [-0.15, -0.1) is 0 Å². The highest BCUT2D eigenvalue weighted by atomic mass is 19.3. The summed E-state index contributed by atoms with van der Waals surface area (Å²) in [5.74, 6) is -0.660. The Morgan fingerprint density at radius 1 is 1.19 bits per heavy atom. The molecule has 0 aliphatic rings. The van der Waals surface area contributed by atoms with Gasteiger partial charge in [-0.3, -0.25) is 9.59 Å². The average molecular weight is 373 g/mol. The maximum absolute atomic E-state index is 12.4. The summed E-state index contributed by atoms with van der Waals surface area (Å²) in [5, 5.41) is 5.09. The summed E-state index contributed by atoms with van der Waals surface area (Å²) < 4.78 is 34.2. The Kier molecular flexibility index (Phi) is 8.77. The Hall–Kier alpha value is -2.42. The van der Waals surface area contributed by atoms with Crippen LogP contribution in [0.3, 0.4) is 0 Å². The summed E-state index contributed by atoms with van der Waals surface area (Å²) >= 11 is 0. The van der Waals surface area contributed by atoms with Crippen LogP contribution in [0.2, 0.25) is 0 Å². The minimum Gasteiger partial charge on any atom is -0.493 e. The minimum absolute atomic E-state index is 0.0298. The van der Waals surface area contributed by atoms with Crippen LogP contribution in [0, 0.1) is 5.92 Å². The van der Waals surface area contributed by atoms with Gasteiger partial charge in [-0.05, 0) is 30.0 Å². The summed E-state index contributed by atoms with van der Waals surface area (Å²) in [6.07, 6.45) is 0.398. The third-order valence-electron chi connectivity index (χ3n) is 3.62. The van der Waals surface area contributed by atoms with Crippen molar-refractivity contribution in [2.24, 2.45) is 11.7 Å². The highest BCUT2D eigenvalue weighted by Crippen LogP contribution is 2.29. The second kappa shape index (κ2) is 10.5. The van der Waals surface area contributed by atoms with Crippen LogP contribution in [0.5, 0.6) is 11.5 Å². The van der Waals surface area contributed by atoms with Crippen LogP contribution in [0.4, 0.5) is 8.78 Å². The fourth-order valence-corrected chi connectivity index (χ4v) is 2.06. The van der Waals surface area contributed by atoms with Gasteiger partial charge in [0.25, 0.3) is 0 Å². The normalized spacial score (nSPS) is 12.0. The van der Waals surface area contributed by atoms with E-state index in [0.29, 0.717) is 12.0 Å². The molecule has 0 radical (unpaired) electrons. The second-order valence-corrected chi connectivity index (χ2v) is 5.95. The van der Waals surface area contributed by atoms with Crippen molar-refractivity contribution >= 4 is 11.8 Å². The Labute approximate surface area is 151 Å². The van der Waals surface area contributed by atoms with Crippen LogP contribution in [0.15, 0.2) is 18.2 Å². The molecular weight excluding hydrogens is 348 g/mol. The molecule has 26 heavy (non-hydrogen) atoms. The lowest BCUT2D eigenvalue weighted by Crippen LogP contribution is -2.47. The molecule has 0 heterocycles. The van der Waals surface area contributed by atoms with Crippen LogP contribution in [0.25, 0.3) is 0 Å². The molecule has 0 saturated heterocycles. The minimum atomic E-state index is -2.96. The van der Waals surface area contributed by atoms with E-state index in [9.17, 15) is 18.4 Å². The molecule has 4 N–H and O–H groups in total. The maximum atomic E-state index is 12.4. The predicted molar refractivity (Wildman–Crippen MR) is 92.2 cm³/mol. The van der Waals surface area contributed by atoms with E-state index in [1.807, 2.05) is 13.8 Å². The summed E-state index contributed by atoms with van der Waals surface area (Å²) in [6.45, 7) is 0.753. The van der Waals surface area contributed by atoms with Crippen LogP contribution in [-0.2, 0) is 16.0 Å². The number of carbonyl (C=O) groups is 2. The number of hydrogen-bond acceptors (Lipinski definition) is 5. The van der Waals surface area contributed by atoms with E-state index in [1.165, 1.54) is 19.2 Å². The lowest BCUT2D eigenvalue weighted by atomic mass is 10.1. The molecule has 7 nitrogen and oxygen atoms in total. The Morgan fingerprint density at radius 3 is 2.46 bits per heavy atom. The number of benzene rings is 1. The van der Waals surface area contributed by atoms with Gasteiger partial charge in [0.1, 0.15) is 0 Å². The summed E-state index contributed by atoms with van der Waals surface area (Å²) in [5.41, 5.74) is 6.36. The molecule has 0 spiro atoms. The Balaban J connectivity index is 2.45. The molecule has 1 aromatic rings. The molecule has 1 aromatic carbocycles. The topological polar surface area (TPSA) is 103 Å². The van der Waals surface area contributed by atoms with Crippen molar-refractivity contribution < 1.29 is 27.8 Å². The third kappa shape index (κ3) is 7.22. The number of nitrogens with two attached hydrogens (primary N) is 1. The first-order chi connectivity index (χ1) is 12.2. The van der Waals surface area contributed by atoms with E-state index in [-0.39, 0.29) is 42.3 Å². The van der Waals surface area contributed by atoms with E-state index in [4.69, 9.17) is 10.5 Å². The lowest BCUT2D eigenvalue weighted by Gasteiger charge is -2.15. The van der Waals surface area contributed by atoms with E-state index in [2.05, 4.69) is 15.4 Å². The number of amides is 2. The molecule has 0 bridgehead atoms. The number of methoxy groups -OCH3 is 1. The summed E-state index contributed by atoms with van der Waals surface area (Å²) in [6, 6.07) is 3.96. The molecule has 0 aliphatic heterocycles. The van der Waals surface area contributed by atoms with Crippen molar-refractivity contribution in [1.29, 1.82) is 0 Å². The van der Waals surface area contributed by atoms with Gasteiger partial charge in [0.2, 0.25) is 11.8 Å². The van der Waals surface area contributed by atoms with Crippen molar-refractivity contribution in [2.75, 3.05) is 20.2 Å². The van der Waals surface area contributed by atoms with Gasteiger partial charge < -0.3 is 25.8 Å². The van der Waals surface area contributed by atoms with E-state index in [1.54, 1.807) is 6.07 Å². The standard InChI is InChI=1S/C17H25F2N3O4/c1-10(2)15(20)16(24)22-9-14(23)21-7-6-11-4-5-12(25-3)13(8-11)26-17(18)19/h4-5,8,10,15,17H,6-7,9,20H2,1-3H3,(H,21,23)(H,22,24)/t15-/m0/s1. The summed E-state index contributed by atoms with van der Waals surface area (Å²) in [7, 11) is 1.35. The van der Waals surface area contributed by atoms with Crippen molar-refractivity contribution in [3.05, 3.63) is 23.8 Å². The fraction of sp³-hybridized carbons (Fsp3) is 0.529. The molecule has 0 saturated carbocycles. The number of halogens is 2. The zero-order valence-electron chi connectivity index (χ0n) is 15.1. The highest BCUT2D eigenvalue weighted by molar-refractivity contribution is 5.87. The number of alkyl halides is 2. The second-order valence-electron chi connectivity index (χ2n) is 5.95. The number of ether oxygens (including phenoxy) is 2. The number of rotatable bonds is 10. The van der Waals surface area contributed by atoms with Crippen LogP contribution < -0.4 is 25.8 Å². The van der Waals surface area contributed by atoms with Gasteiger partial charge in [-0.2, -0.15) is 8.78 Å². The van der Waals surface area contributed by atoms with Crippen molar-refractivity contribution in [3.63, 3.8) is 0 Å². The average Bonchev–Trinajstić information content (AvgIpc) is 2.58. The zero-order chi connectivity index (χ0) is 19.7. The van der Waals surface area contributed by atoms with E-state index >= 15 is 0 Å². The molecule has 0 aliphatic carbocycles. The Morgan fingerprint density at radius 2 is 1.88 bits per heavy atom. The first-order valence-corrected chi connectivity index (χ1v) is 8.16. The molecule has 1 atom stereocenters. The molecule has 1 rings (SSSR count). The van der Waals surface area contributed by atoms with E-state index in [0.717, 1.165) is 0 Å². The van der Waals surface area contributed by atoms with Gasteiger partial charge in [0.05, 0.1) is 19.7 Å². The fourth-order valence-electron chi connectivity index (χ4n) is 2.06. The highest BCUT2D eigenvalue weighted by Gasteiger charge is 2.17. The summed E-state index contributed by atoms with van der Waals surface area (Å²) in [4.78, 5) is 23.4. The quantitative estimate of drug-likeness (QED) is 0.569. The van der Waals surface area contributed by atoms with Crippen molar-refractivity contribution in [3.8, 4) is 11.5 Å². The van der Waals surface area contributed by atoms with Gasteiger partial charge >= 0.3 is 6.61 Å². The molecule has 0 aromatic heterocycles. The third-order valence-corrected chi connectivity index (χ3v) is 3.62. The number of hydrogen-bond donors (Lipinski definition) is 3. The first-order valence-electron chi connectivity index (χ1n) is 8.16. The molecule has 9 heteroatoms.